The number of nitrogens with zero attached hydrogens (tertiary/aromatic N) is 1. The Labute approximate surface area is 320 Å². The first-order valence-corrected chi connectivity index (χ1v) is 19.1. The van der Waals surface area contributed by atoms with Crippen molar-refractivity contribution in [1.82, 2.24) is 0 Å². The number of furan rings is 1. The van der Waals surface area contributed by atoms with Gasteiger partial charge in [-0.3, -0.25) is 0 Å². The van der Waals surface area contributed by atoms with Crippen molar-refractivity contribution >= 4 is 60.5 Å². The van der Waals surface area contributed by atoms with Crippen molar-refractivity contribution in [3.05, 3.63) is 199 Å². The zero-order valence-corrected chi connectivity index (χ0v) is 30.8. The first kappa shape index (κ1) is 31.6. The molecule has 1 aliphatic rings. The number of rotatable bonds is 5. The lowest BCUT2D eigenvalue weighted by molar-refractivity contribution is 0.660. The molecule has 0 fully saturated rings. The molecule has 0 radical (unpaired) electrons. The summed E-state index contributed by atoms with van der Waals surface area (Å²) < 4.78 is 6.92. The van der Waals surface area contributed by atoms with Gasteiger partial charge in [-0.25, -0.2) is 0 Å². The Morgan fingerprint density at radius 1 is 0.400 bits per heavy atom. The summed E-state index contributed by atoms with van der Waals surface area (Å²) in [5.41, 5.74) is 15.0. The Kier molecular flexibility index (Phi) is 6.93. The van der Waals surface area contributed by atoms with E-state index >= 15 is 0 Å². The van der Waals surface area contributed by atoms with Crippen LogP contribution in [0.4, 0.5) is 17.1 Å². The minimum Gasteiger partial charge on any atom is -0.455 e. The van der Waals surface area contributed by atoms with Crippen molar-refractivity contribution in [2.75, 3.05) is 4.90 Å². The minimum absolute atomic E-state index is 0.112. The molecule has 0 N–H and O–H groups in total. The molecule has 0 atom stereocenters. The summed E-state index contributed by atoms with van der Waals surface area (Å²) in [6.45, 7) is 4.70. The van der Waals surface area contributed by atoms with Crippen molar-refractivity contribution in [2.24, 2.45) is 0 Å². The molecule has 260 valence electrons. The molecule has 10 aromatic rings. The standard InChI is InChI=1S/C53H37NO/c1-53(2)47-21-10-8-18-43(47)44-32-30-39(33-48(44)53)54(49-22-11-9-16-40(49)34-13-4-3-5-14-34)38-28-25-36(26-29-38)42-19-12-20-45-46-31-27-37-24-23-35-15-6-7-17-41(35)50(37)52(46)55-51(42)45/h3-33H,1-2H3. The van der Waals surface area contributed by atoms with Crippen molar-refractivity contribution in [1.29, 1.82) is 0 Å². The number of hydrogen-bond donors (Lipinski definition) is 0. The lowest BCUT2D eigenvalue weighted by Crippen LogP contribution is -2.16. The molecule has 9 aromatic carbocycles. The third-order valence-corrected chi connectivity index (χ3v) is 11.9. The fourth-order valence-electron chi connectivity index (χ4n) is 9.15. The van der Waals surface area contributed by atoms with Crippen molar-refractivity contribution in [2.45, 2.75) is 19.3 Å². The SMILES string of the molecule is CC1(C)c2ccccc2-c2ccc(N(c3ccc(-c4cccc5c4oc4c5ccc5ccc6ccccc6c54)cc3)c3ccccc3-c3ccccc3)cc21. The van der Waals surface area contributed by atoms with Gasteiger partial charge in [-0.15, -0.1) is 0 Å². The Bertz CT molecular complexity index is 3110. The van der Waals surface area contributed by atoms with Crippen LogP contribution in [0, 0.1) is 0 Å². The van der Waals surface area contributed by atoms with E-state index in [4.69, 9.17) is 4.42 Å². The first-order chi connectivity index (χ1) is 27.0. The molecule has 2 heteroatoms. The lowest BCUT2D eigenvalue weighted by atomic mass is 9.82. The van der Waals surface area contributed by atoms with E-state index in [2.05, 4.69) is 207 Å². The average molecular weight is 704 g/mol. The summed E-state index contributed by atoms with van der Waals surface area (Å²) in [5, 5.41) is 7.06. The van der Waals surface area contributed by atoms with Crippen LogP contribution in [-0.2, 0) is 5.41 Å². The van der Waals surface area contributed by atoms with E-state index in [0.29, 0.717) is 0 Å². The number of anilines is 3. The van der Waals surface area contributed by atoms with Gasteiger partial charge in [0.2, 0.25) is 0 Å². The van der Waals surface area contributed by atoms with Crippen molar-refractivity contribution in [3.63, 3.8) is 0 Å². The number of fused-ring (bicyclic) bond motifs is 10. The molecule has 55 heavy (non-hydrogen) atoms. The molecular weight excluding hydrogens is 667 g/mol. The summed E-state index contributed by atoms with van der Waals surface area (Å²) in [6.07, 6.45) is 0. The van der Waals surface area contributed by atoms with Gasteiger partial charge >= 0.3 is 0 Å². The smallest absolute Gasteiger partial charge is 0.143 e. The van der Waals surface area contributed by atoms with Crippen LogP contribution in [0.1, 0.15) is 25.0 Å². The van der Waals surface area contributed by atoms with E-state index < -0.39 is 0 Å². The summed E-state index contributed by atoms with van der Waals surface area (Å²) in [6, 6.07) is 68.3. The molecule has 1 aromatic heterocycles. The van der Waals surface area contributed by atoms with E-state index in [1.165, 1.54) is 54.9 Å². The first-order valence-electron chi connectivity index (χ1n) is 19.1. The van der Waals surface area contributed by atoms with Crippen LogP contribution in [0.2, 0.25) is 0 Å². The summed E-state index contributed by atoms with van der Waals surface area (Å²) in [5.74, 6) is 0. The molecule has 0 aliphatic heterocycles. The van der Waals surface area contributed by atoms with Gasteiger partial charge in [-0.1, -0.05) is 166 Å². The van der Waals surface area contributed by atoms with E-state index in [0.717, 1.165) is 50.1 Å². The van der Waals surface area contributed by atoms with Crippen LogP contribution in [0.3, 0.4) is 0 Å². The van der Waals surface area contributed by atoms with E-state index in [1.54, 1.807) is 0 Å². The molecule has 0 amide bonds. The highest BCUT2D eigenvalue weighted by Gasteiger charge is 2.36. The van der Waals surface area contributed by atoms with E-state index in [-0.39, 0.29) is 5.41 Å². The normalized spacial score (nSPS) is 13.1. The van der Waals surface area contributed by atoms with E-state index in [1.807, 2.05) is 0 Å². The fourth-order valence-corrected chi connectivity index (χ4v) is 9.15. The second kappa shape index (κ2) is 12.1. The maximum atomic E-state index is 6.92. The Morgan fingerprint density at radius 2 is 1.02 bits per heavy atom. The molecule has 0 bridgehead atoms. The third kappa shape index (κ3) is 4.81. The maximum Gasteiger partial charge on any atom is 0.143 e. The van der Waals surface area contributed by atoms with Gasteiger partial charge in [0.15, 0.2) is 0 Å². The van der Waals surface area contributed by atoms with Crippen LogP contribution in [0.5, 0.6) is 0 Å². The number of benzene rings is 9. The van der Waals surface area contributed by atoms with Gasteiger partial charge in [-0.05, 0) is 85.9 Å². The molecule has 0 unspecified atom stereocenters. The van der Waals surface area contributed by atoms with E-state index in [9.17, 15) is 0 Å². The summed E-state index contributed by atoms with van der Waals surface area (Å²) in [4.78, 5) is 2.42. The summed E-state index contributed by atoms with van der Waals surface area (Å²) >= 11 is 0. The van der Waals surface area contributed by atoms with Crippen LogP contribution in [-0.4, -0.2) is 0 Å². The van der Waals surface area contributed by atoms with Gasteiger partial charge in [0.05, 0.1) is 5.69 Å². The van der Waals surface area contributed by atoms with Gasteiger partial charge < -0.3 is 9.32 Å². The van der Waals surface area contributed by atoms with Gasteiger partial charge in [0.25, 0.3) is 0 Å². The highest BCUT2D eigenvalue weighted by molar-refractivity contribution is 6.24. The van der Waals surface area contributed by atoms with Crippen LogP contribution in [0.25, 0.3) is 76.9 Å². The predicted molar refractivity (Wildman–Crippen MR) is 232 cm³/mol. The number of para-hydroxylation sites is 2. The Hall–Kier alpha value is -6.90. The molecule has 1 heterocycles. The molecular formula is C53H37NO. The zero-order chi connectivity index (χ0) is 36.7. The molecule has 0 spiro atoms. The minimum atomic E-state index is -0.112. The van der Waals surface area contributed by atoms with Crippen molar-refractivity contribution in [3.8, 4) is 33.4 Å². The molecule has 0 saturated heterocycles. The van der Waals surface area contributed by atoms with Crippen LogP contribution < -0.4 is 4.90 Å². The summed E-state index contributed by atoms with van der Waals surface area (Å²) in [7, 11) is 0. The quantitative estimate of drug-likeness (QED) is 0.166. The highest BCUT2D eigenvalue weighted by atomic mass is 16.3. The molecule has 1 aliphatic carbocycles. The van der Waals surface area contributed by atoms with Crippen LogP contribution in [0.15, 0.2) is 192 Å². The maximum absolute atomic E-state index is 6.92. The van der Waals surface area contributed by atoms with Gasteiger partial charge in [0.1, 0.15) is 11.2 Å². The topological polar surface area (TPSA) is 16.4 Å². The molecule has 2 nitrogen and oxygen atoms in total. The number of hydrogen-bond acceptors (Lipinski definition) is 2. The monoisotopic (exact) mass is 703 g/mol. The molecule has 0 saturated carbocycles. The lowest BCUT2D eigenvalue weighted by Gasteiger charge is -2.30. The Balaban J connectivity index is 1.08. The van der Waals surface area contributed by atoms with Crippen LogP contribution >= 0.6 is 0 Å². The molecule has 11 rings (SSSR count). The fraction of sp³-hybridized carbons (Fsp3) is 0.0566. The van der Waals surface area contributed by atoms with Gasteiger partial charge in [0, 0.05) is 44.1 Å². The predicted octanol–water partition coefficient (Wildman–Crippen LogP) is 15.0. The zero-order valence-electron chi connectivity index (χ0n) is 30.8. The Morgan fingerprint density at radius 3 is 1.89 bits per heavy atom. The largest absolute Gasteiger partial charge is 0.455 e. The van der Waals surface area contributed by atoms with Gasteiger partial charge in [-0.2, -0.15) is 0 Å². The second-order valence-electron chi connectivity index (χ2n) is 15.3. The van der Waals surface area contributed by atoms with Crippen molar-refractivity contribution < 1.29 is 4.42 Å². The highest BCUT2D eigenvalue weighted by Crippen LogP contribution is 2.51. The third-order valence-electron chi connectivity index (χ3n) is 11.9. The second-order valence-corrected chi connectivity index (χ2v) is 15.3. The average Bonchev–Trinajstić information content (AvgIpc) is 3.74.